The Morgan fingerprint density at radius 2 is 1.84 bits per heavy atom. The van der Waals surface area contributed by atoms with Crippen molar-refractivity contribution in [1.29, 1.82) is 0 Å². The number of sulfonamides is 1. The normalized spacial score (nSPS) is 11.0. The summed E-state index contributed by atoms with van der Waals surface area (Å²) >= 11 is 6.82. The van der Waals surface area contributed by atoms with Gasteiger partial charge in [0.25, 0.3) is 15.7 Å². The number of non-ortho nitro benzene ring substituents is 1. The second-order valence-electron chi connectivity index (χ2n) is 6.01. The molecule has 1 heterocycles. The minimum absolute atomic E-state index is 0.106. The second kappa shape index (κ2) is 9.25. The third-order valence-electron chi connectivity index (χ3n) is 3.91. The van der Waals surface area contributed by atoms with E-state index in [1.54, 1.807) is 6.07 Å². The fourth-order valence-electron chi connectivity index (χ4n) is 2.46. The van der Waals surface area contributed by atoms with Gasteiger partial charge in [0.15, 0.2) is 6.61 Å². The number of carbonyl (C=O) groups is 2. The zero-order valence-electron chi connectivity index (χ0n) is 15.5. The van der Waals surface area contributed by atoms with Gasteiger partial charge in [0.2, 0.25) is 5.78 Å². The molecule has 0 aliphatic carbocycles. The van der Waals surface area contributed by atoms with Crippen LogP contribution in [0.25, 0.3) is 0 Å². The average Bonchev–Trinajstić information content (AvgIpc) is 3.18. The smallest absolute Gasteiger partial charge is 0.340 e. The van der Waals surface area contributed by atoms with Crippen LogP contribution in [0.15, 0.2) is 65.6 Å². The lowest BCUT2D eigenvalue weighted by molar-refractivity contribution is -0.385. The number of nitro benzene ring substituents is 1. The molecule has 0 radical (unpaired) electrons. The van der Waals surface area contributed by atoms with Crippen molar-refractivity contribution < 1.29 is 27.7 Å². The van der Waals surface area contributed by atoms with Crippen molar-refractivity contribution in [2.45, 2.75) is 4.90 Å². The zero-order valence-corrected chi connectivity index (χ0v) is 17.9. The number of ether oxygens (including phenoxy) is 1. The molecule has 3 aromatic rings. The lowest BCUT2D eigenvalue weighted by atomic mass is 10.2. The van der Waals surface area contributed by atoms with Crippen molar-refractivity contribution in [3.63, 3.8) is 0 Å². The third kappa shape index (κ3) is 5.45. The predicted octanol–water partition coefficient (Wildman–Crippen LogP) is 4.15. The summed E-state index contributed by atoms with van der Waals surface area (Å²) in [6, 6.07) is 13.1. The minimum Gasteiger partial charge on any atom is -0.454 e. The number of benzene rings is 2. The summed E-state index contributed by atoms with van der Waals surface area (Å²) in [5.74, 6) is -1.38. The van der Waals surface area contributed by atoms with Gasteiger partial charge in [-0.2, -0.15) is 0 Å². The van der Waals surface area contributed by atoms with Crippen LogP contribution in [-0.2, 0) is 14.8 Å². The molecule has 9 nitrogen and oxygen atoms in total. The Morgan fingerprint density at radius 1 is 1.10 bits per heavy atom. The van der Waals surface area contributed by atoms with Gasteiger partial charge in [-0.25, -0.2) is 13.2 Å². The standard InChI is InChI=1S/C19H13ClN2O7S2/c20-18-9-8-17(30-18)16(23)11-29-19(24)14-6-1-2-7-15(14)21-31(27,28)13-5-3-4-12(10-13)22(25)26/h1-10,21H,11H2. The summed E-state index contributed by atoms with van der Waals surface area (Å²) < 4.78 is 33.0. The molecule has 1 aromatic heterocycles. The Morgan fingerprint density at radius 3 is 2.52 bits per heavy atom. The topological polar surface area (TPSA) is 133 Å². The van der Waals surface area contributed by atoms with Crippen LogP contribution < -0.4 is 4.72 Å². The number of rotatable bonds is 8. The van der Waals surface area contributed by atoms with Gasteiger partial charge in [0, 0.05) is 12.1 Å². The molecule has 0 bridgehead atoms. The summed E-state index contributed by atoms with van der Waals surface area (Å²) in [5, 5.41) is 10.9. The number of nitrogens with zero attached hydrogens (tertiary/aromatic N) is 1. The highest BCUT2D eigenvalue weighted by Crippen LogP contribution is 2.24. The molecule has 0 fully saturated rings. The molecule has 31 heavy (non-hydrogen) atoms. The van der Waals surface area contributed by atoms with Gasteiger partial charge in [-0.15, -0.1) is 11.3 Å². The molecule has 0 spiro atoms. The molecule has 12 heteroatoms. The van der Waals surface area contributed by atoms with Crippen molar-refractivity contribution in [2.75, 3.05) is 11.3 Å². The van der Waals surface area contributed by atoms with E-state index in [0.717, 1.165) is 23.5 Å². The Balaban J connectivity index is 1.78. The van der Waals surface area contributed by atoms with E-state index < -0.39 is 39.0 Å². The lowest BCUT2D eigenvalue weighted by Crippen LogP contribution is -2.18. The second-order valence-corrected chi connectivity index (χ2v) is 9.41. The van der Waals surface area contributed by atoms with Gasteiger partial charge in [0.05, 0.1) is 30.3 Å². The summed E-state index contributed by atoms with van der Waals surface area (Å²) in [4.78, 5) is 34.7. The lowest BCUT2D eigenvalue weighted by Gasteiger charge is -2.12. The van der Waals surface area contributed by atoms with Crippen LogP contribution in [0, 0.1) is 10.1 Å². The van der Waals surface area contributed by atoms with Crippen LogP contribution in [0.4, 0.5) is 11.4 Å². The first-order valence-electron chi connectivity index (χ1n) is 8.49. The number of esters is 1. The van der Waals surface area contributed by atoms with E-state index in [9.17, 15) is 28.1 Å². The van der Waals surface area contributed by atoms with Crippen LogP contribution in [0.2, 0.25) is 4.34 Å². The zero-order chi connectivity index (χ0) is 22.6. The molecule has 0 saturated carbocycles. The largest absolute Gasteiger partial charge is 0.454 e. The SMILES string of the molecule is O=C(COC(=O)c1ccccc1NS(=O)(=O)c1cccc([N+](=O)[O-])c1)c1ccc(Cl)s1. The van der Waals surface area contributed by atoms with Gasteiger partial charge in [0.1, 0.15) is 0 Å². The van der Waals surface area contributed by atoms with Crippen LogP contribution in [0.3, 0.4) is 0 Å². The first-order chi connectivity index (χ1) is 14.7. The highest BCUT2D eigenvalue weighted by molar-refractivity contribution is 7.92. The van der Waals surface area contributed by atoms with E-state index >= 15 is 0 Å². The maximum atomic E-state index is 12.7. The summed E-state index contributed by atoms with van der Waals surface area (Å²) in [5.41, 5.74) is -0.637. The van der Waals surface area contributed by atoms with Crippen LogP contribution in [0.5, 0.6) is 0 Å². The first-order valence-corrected chi connectivity index (χ1v) is 11.2. The first kappa shape index (κ1) is 22.4. The Kier molecular flexibility index (Phi) is 6.68. The summed E-state index contributed by atoms with van der Waals surface area (Å²) in [6.07, 6.45) is 0. The number of carbonyl (C=O) groups excluding carboxylic acids is 2. The fourth-order valence-corrected chi connectivity index (χ4v) is 4.55. The van der Waals surface area contributed by atoms with Gasteiger partial charge >= 0.3 is 5.97 Å². The van der Waals surface area contributed by atoms with E-state index in [4.69, 9.17) is 16.3 Å². The number of nitro groups is 1. The van der Waals surface area contributed by atoms with E-state index in [1.165, 1.54) is 42.5 Å². The predicted molar refractivity (Wildman–Crippen MR) is 114 cm³/mol. The fraction of sp³-hybridized carbons (Fsp3) is 0.0526. The summed E-state index contributed by atoms with van der Waals surface area (Å²) in [6.45, 7) is -0.554. The number of thiophene rings is 1. The van der Waals surface area contributed by atoms with E-state index in [-0.39, 0.29) is 16.1 Å². The van der Waals surface area contributed by atoms with Gasteiger partial charge in [-0.1, -0.05) is 29.8 Å². The third-order valence-corrected chi connectivity index (χ3v) is 6.55. The molecule has 0 unspecified atom stereocenters. The molecule has 0 amide bonds. The Labute approximate surface area is 185 Å². The number of para-hydroxylation sites is 1. The highest BCUT2D eigenvalue weighted by Gasteiger charge is 2.22. The molecule has 3 rings (SSSR count). The minimum atomic E-state index is -4.24. The van der Waals surface area contributed by atoms with Crippen LogP contribution in [-0.4, -0.2) is 31.7 Å². The van der Waals surface area contributed by atoms with Gasteiger partial charge in [-0.3, -0.25) is 19.6 Å². The van der Waals surface area contributed by atoms with Gasteiger partial charge < -0.3 is 4.74 Å². The van der Waals surface area contributed by atoms with Crippen molar-refractivity contribution >= 4 is 56.1 Å². The Bertz CT molecular complexity index is 1270. The molecule has 0 aliphatic heterocycles. The van der Waals surface area contributed by atoms with Crippen molar-refractivity contribution in [3.05, 3.63) is 85.6 Å². The quantitative estimate of drug-likeness (QED) is 0.221. The van der Waals surface area contributed by atoms with Crippen molar-refractivity contribution in [1.82, 2.24) is 0 Å². The summed E-state index contributed by atoms with van der Waals surface area (Å²) in [7, 11) is -4.24. The molecule has 0 aliphatic rings. The molecular formula is C19H13ClN2O7S2. The van der Waals surface area contributed by atoms with Gasteiger partial charge in [-0.05, 0) is 30.3 Å². The number of hydrogen-bond acceptors (Lipinski definition) is 8. The number of Topliss-reactive ketones (excluding diaryl/α,β-unsaturated/α-hetero) is 1. The molecule has 0 atom stereocenters. The number of halogens is 1. The molecule has 0 saturated heterocycles. The number of ketones is 1. The number of hydrogen-bond donors (Lipinski definition) is 1. The molecule has 160 valence electrons. The van der Waals surface area contributed by atoms with Crippen LogP contribution >= 0.6 is 22.9 Å². The maximum absolute atomic E-state index is 12.7. The number of anilines is 1. The van der Waals surface area contributed by atoms with Crippen molar-refractivity contribution in [3.8, 4) is 0 Å². The Hall–Kier alpha value is -3.28. The molecular weight excluding hydrogens is 468 g/mol. The average molecular weight is 481 g/mol. The molecule has 2 aromatic carbocycles. The van der Waals surface area contributed by atoms with E-state index in [2.05, 4.69) is 4.72 Å². The van der Waals surface area contributed by atoms with Crippen molar-refractivity contribution in [2.24, 2.45) is 0 Å². The highest BCUT2D eigenvalue weighted by atomic mass is 35.5. The van der Waals surface area contributed by atoms with Crippen LogP contribution in [0.1, 0.15) is 20.0 Å². The van der Waals surface area contributed by atoms with E-state index in [0.29, 0.717) is 9.21 Å². The molecule has 1 N–H and O–H groups in total. The maximum Gasteiger partial charge on any atom is 0.340 e. The monoisotopic (exact) mass is 480 g/mol. The van der Waals surface area contributed by atoms with E-state index in [1.807, 2.05) is 0 Å². The number of nitrogens with one attached hydrogen (secondary N) is 1.